The van der Waals surface area contributed by atoms with E-state index in [1.165, 1.54) is 77.1 Å². The van der Waals surface area contributed by atoms with E-state index in [9.17, 15) is 0 Å². The molecular formula is C54H35BN4. The van der Waals surface area contributed by atoms with E-state index in [1.54, 1.807) is 0 Å². The predicted octanol–water partition coefficient (Wildman–Crippen LogP) is 12.0. The highest BCUT2D eigenvalue weighted by atomic mass is 15.2. The molecular weight excluding hydrogens is 715 g/mol. The highest BCUT2D eigenvalue weighted by molar-refractivity contribution is 7.00. The fraction of sp³-hybridized carbons (Fsp3) is 0. The van der Waals surface area contributed by atoms with Crippen LogP contribution in [0.1, 0.15) is 0 Å². The van der Waals surface area contributed by atoms with Crippen molar-refractivity contribution in [2.24, 2.45) is 0 Å². The van der Waals surface area contributed by atoms with Gasteiger partial charge in [0, 0.05) is 66.9 Å². The Morgan fingerprint density at radius 3 is 1.51 bits per heavy atom. The number of hydrogen-bond acceptors (Lipinski definition) is 2. The summed E-state index contributed by atoms with van der Waals surface area (Å²) in [5.74, 6) is 0. The number of nitrogens with zero attached hydrogens (tertiary/aromatic N) is 4. The lowest BCUT2D eigenvalue weighted by Crippen LogP contribution is -2.60. The molecule has 0 aliphatic carbocycles. The molecule has 2 aliphatic heterocycles. The van der Waals surface area contributed by atoms with Crippen LogP contribution in [0.4, 0.5) is 34.1 Å². The van der Waals surface area contributed by atoms with Gasteiger partial charge in [-0.15, -0.1) is 0 Å². The van der Waals surface area contributed by atoms with E-state index in [2.05, 4.69) is 231 Å². The van der Waals surface area contributed by atoms with Crippen LogP contribution in [0.25, 0.3) is 55.0 Å². The Kier molecular flexibility index (Phi) is 6.78. The largest absolute Gasteiger partial charge is 0.311 e. The Labute approximate surface area is 342 Å². The van der Waals surface area contributed by atoms with E-state index in [4.69, 9.17) is 0 Å². The van der Waals surface area contributed by atoms with Crippen LogP contribution in [-0.2, 0) is 0 Å². The van der Waals surface area contributed by atoms with Crippen LogP contribution in [0.2, 0.25) is 0 Å². The van der Waals surface area contributed by atoms with Crippen LogP contribution in [0, 0.1) is 0 Å². The van der Waals surface area contributed by atoms with Crippen molar-refractivity contribution in [1.82, 2.24) is 9.13 Å². The summed E-state index contributed by atoms with van der Waals surface area (Å²) in [5, 5.41) is 5.07. The minimum atomic E-state index is 0.0126. The molecule has 2 aliphatic rings. The van der Waals surface area contributed by atoms with Crippen molar-refractivity contribution < 1.29 is 0 Å². The quantitative estimate of drug-likeness (QED) is 0.163. The molecule has 4 nitrogen and oxygen atoms in total. The lowest BCUT2D eigenvalue weighted by atomic mass is 9.34. The Morgan fingerprint density at radius 1 is 0.339 bits per heavy atom. The van der Waals surface area contributed by atoms with Crippen molar-refractivity contribution >= 4 is 101 Å². The van der Waals surface area contributed by atoms with E-state index in [-0.39, 0.29) is 6.71 Å². The van der Waals surface area contributed by atoms with Gasteiger partial charge in [-0.2, -0.15) is 0 Å². The third kappa shape index (κ3) is 4.55. The summed E-state index contributed by atoms with van der Waals surface area (Å²) in [4.78, 5) is 4.93. The second kappa shape index (κ2) is 12.4. The molecule has 0 spiro atoms. The molecule has 5 heteroatoms. The van der Waals surface area contributed by atoms with Gasteiger partial charge >= 0.3 is 0 Å². The standard InChI is InChI=1S/C54H35BN4/c1-4-17-36(18-5-1)56(37-19-6-2-7-20-37)40-34-51-53-52(35-40)59-49-30-15-12-25-43(49)44-26-16-27-46(54(44)59)55(53)45-32-31-39(33-50(45)57(51)38-21-8-3-9-22-38)58-47-28-13-10-23-41(47)42-24-11-14-29-48(42)58/h1-35H. The SMILES string of the molecule is c1ccc(N(c2ccccc2)c2cc3c4c(c2)-n2c5ccccc5c5cccc(c52)B4c2ccc(-n4c5ccccc5c5ccccc54)cc2N3c2ccccc2)cc1. The van der Waals surface area contributed by atoms with Gasteiger partial charge in [-0.25, -0.2) is 0 Å². The highest BCUT2D eigenvalue weighted by Gasteiger charge is 2.43. The fourth-order valence-corrected chi connectivity index (χ4v) is 10.3. The van der Waals surface area contributed by atoms with Crippen LogP contribution in [0.3, 0.4) is 0 Å². The van der Waals surface area contributed by atoms with Gasteiger partial charge in [0.25, 0.3) is 6.71 Å². The summed E-state index contributed by atoms with van der Waals surface area (Å²) < 4.78 is 4.99. The summed E-state index contributed by atoms with van der Waals surface area (Å²) in [6.45, 7) is 0.0126. The van der Waals surface area contributed by atoms with Crippen molar-refractivity contribution in [1.29, 1.82) is 0 Å². The van der Waals surface area contributed by atoms with Crippen LogP contribution >= 0.6 is 0 Å². The zero-order chi connectivity index (χ0) is 38.6. The normalized spacial score (nSPS) is 12.7. The minimum Gasteiger partial charge on any atom is -0.311 e. The maximum atomic E-state index is 2.55. The molecule has 0 radical (unpaired) electrons. The summed E-state index contributed by atoms with van der Waals surface area (Å²) in [5.41, 5.74) is 18.0. The first-order valence-electron chi connectivity index (χ1n) is 20.4. The van der Waals surface area contributed by atoms with Gasteiger partial charge in [0.2, 0.25) is 0 Å². The van der Waals surface area contributed by atoms with Crippen molar-refractivity contribution in [3.05, 3.63) is 212 Å². The molecule has 0 atom stereocenters. The van der Waals surface area contributed by atoms with Crippen LogP contribution < -0.4 is 26.2 Å². The van der Waals surface area contributed by atoms with Crippen molar-refractivity contribution in [2.75, 3.05) is 9.80 Å². The van der Waals surface area contributed by atoms with Gasteiger partial charge in [-0.05, 0) is 95.3 Å². The lowest BCUT2D eigenvalue weighted by Gasteiger charge is -2.41. The number of hydrogen-bond donors (Lipinski definition) is 0. The fourth-order valence-electron chi connectivity index (χ4n) is 10.3. The molecule has 274 valence electrons. The van der Waals surface area contributed by atoms with E-state index >= 15 is 0 Å². The number of benzene rings is 9. The molecule has 4 heterocycles. The molecule has 13 rings (SSSR count). The van der Waals surface area contributed by atoms with Crippen LogP contribution in [-0.4, -0.2) is 15.8 Å². The molecule has 0 amide bonds. The zero-order valence-electron chi connectivity index (χ0n) is 32.1. The Hall–Kier alpha value is -7.76. The van der Waals surface area contributed by atoms with E-state index in [0.29, 0.717) is 0 Å². The molecule has 0 unspecified atom stereocenters. The van der Waals surface area contributed by atoms with Crippen LogP contribution in [0.15, 0.2) is 212 Å². The van der Waals surface area contributed by atoms with E-state index in [1.807, 2.05) is 0 Å². The topological polar surface area (TPSA) is 16.3 Å². The van der Waals surface area contributed by atoms with Gasteiger partial charge in [-0.1, -0.05) is 133 Å². The monoisotopic (exact) mass is 750 g/mol. The average molecular weight is 751 g/mol. The molecule has 0 N–H and O–H groups in total. The van der Waals surface area contributed by atoms with Gasteiger partial charge < -0.3 is 18.9 Å². The predicted molar refractivity (Wildman–Crippen MR) is 249 cm³/mol. The summed E-state index contributed by atoms with van der Waals surface area (Å²) in [6, 6.07) is 78.0. The first kappa shape index (κ1) is 32.3. The van der Waals surface area contributed by atoms with Crippen LogP contribution in [0.5, 0.6) is 0 Å². The smallest absolute Gasteiger partial charge is 0.252 e. The molecule has 59 heavy (non-hydrogen) atoms. The third-order valence-electron chi connectivity index (χ3n) is 12.6. The molecule has 0 bridgehead atoms. The first-order valence-corrected chi connectivity index (χ1v) is 20.4. The summed E-state index contributed by atoms with van der Waals surface area (Å²) in [6.07, 6.45) is 0. The number of fused-ring (bicyclic) bond motifs is 10. The molecule has 0 saturated carbocycles. The molecule has 2 aromatic heterocycles. The van der Waals surface area contributed by atoms with Gasteiger partial charge in [0.1, 0.15) is 0 Å². The first-order chi connectivity index (χ1) is 29.3. The Bertz CT molecular complexity index is 3370. The Morgan fingerprint density at radius 2 is 0.864 bits per heavy atom. The maximum Gasteiger partial charge on any atom is 0.252 e. The number of anilines is 6. The van der Waals surface area contributed by atoms with Crippen molar-refractivity contribution in [3.8, 4) is 11.4 Å². The maximum absolute atomic E-state index is 2.55. The molecule has 0 saturated heterocycles. The number of para-hydroxylation sites is 7. The van der Waals surface area contributed by atoms with Crippen molar-refractivity contribution in [2.45, 2.75) is 0 Å². The van der Waals surface area contributed by atoms with Gasteiger partial charge in [0.05, 0.1) is 22.2 Å². The lowest BCUT2D eigenvalue weighted by molar-refractivity contribution is 1.15. The Balaban J connectivity index is 1.17. The molecule has 11 aromatic rings. The van der Waals surface area contributed by atoms with Crippen molar-refractivity contribution in [3.63, 3.8) is 0 Å². The second-order valence-corrected chi connectivity index (χ2v) is 15.7. The van der Waals surface area contributed by atoms with E-state index in [0.717, 1.165) is 28.4 Å². The van der Waals surface area contributed by atoms with Gasteiger partial charge in [0.15, 0.2) is 0 Å². The molecule has 0 fully saturated rings. The number of aromatic nitrogens is 2. The average Bonchev–Trinajstić information content (AvgIpc) is 3.82. The second-order valence-electron chi connectivity index (χ2n) is 15.7. The summed E-state index contributed by atoms with van der Waals surface area (Å²) in [7, 11) is 0. The highest BCUT2D eigenvalue weighted by Crippen LogP contribution is 2.46. The summed E-state index contributed by atoms with van der Waals surface area (Å²) >= 11 is 0. The number of rotatable bonds is 5. The minimum absolute atomic E-state index is 0.0126. The van der Waals surface area contributed by atoms with Gasteiger partial charge in [-0.3, -0.25) is 0 Å². The molecule has 9 aromatic carbocycles. The zero-order valence-corrected chi connectivity index (χ0v) is 32.1. The third-order valence-corrected chi connectivity index (χ3v) is 12.6. The van der Waals surface area contributed by atoms with E-state index < -0.39 is 0 Å².